The summed E-state index contributed by atoms with van der Waals surface area (Å²) in [6.07, 6.45) is -6.31. The van der Waals surface area contributed by atoms with E-state index in [0.717, 1.165) is 24.3 Å². The van der Waals surface area contributed by atoms with Gasteiger partial charge in [0.1, 0.15) is 0 Å². The average molecular weight is 418 g/mol. The summed E-state index contributed by atoms with van der Waals surface area (Å²) in [5, 5.41) is 7.46. The van der Waals surface area contributed by atoms with E-state index in [1.165, 1.54) is 36.7 Å². The van der Waals surface area contributed by atoms with Crippen LogP contribution in [0.15, 0.2) is 58.7 Å². The van der Waals surface area contributed by atoms with Gasteiger partial charge >= 0.3 is 12.4 Å². The molecular weight excluding hydrogens is 406 g/mol. The Hall–Kier alpha value is -2.95. The molecule has 0 amide bonds. The number of hydrogen-bond acceptors (Lipinski definition) is 3. The van der Waals surface area contributed by atoms with Crippen LogP contribution in [0.4, 0.5) is 26.3 Å². The van der Waals surface area contributed by atoms with Gasteiger partial charge in [0.15, 0.2) is 0 Å². The molecule has 0 bridgehead atoms. The molecule has 0 unspecified atom stereocenters. The van der Waals surface area contributed by atoms with E-state index < -0.39 is 23.5 Å². The zero-order valence-electron chi connectivity index (χ0n) is 13.8. The summed E-state index contributed by atoms with van der Waals surface area (Å²) in [6.45, 7) is 0. The van der Waals surface area contributed by atoms with Crippen molar-refractivity contribution in [3.05, 3.63) is 70.8 Å². The van der Waals surface area contributed by atoms with E-state index >= 15 is 0 Å². The van der Waals surface area contributed by atoms with E-state index in [1.54, 1.807) is 0 Å². The molecule has 2 aromatic carbocycles. The van der Waals surface area contributed by atoms with Gasteiger partial charge < -0.3 is 0 Å². The summed E-state index contributed by atoms with van der Waals surface area (Å²) in [7, 11) is 0. The van der Waals surface area contributed by atoms with E-state index in [2.05, 4.69) is 21.1 Å². The van der Waals surface area contributed by atoms with Crippen molar-refractivity contribution in [2.75, 3.05) is 0 Å². The summed E-state index contributed by atoms with van der Waals surface area (Å²) in [5.41, 5.74) is 4.08. The first-order chi connectivity index (χ1) is 13.1. The monoisotopic (exact) mass is 418 g/mol. The normalized spacial score (nSPS) is 12.5. The topological polar surface area (TPSA) is 48.8 Å². The lowest BCUT2D eigenvalue weighted by atomic mass is 10.1. The molecule has 2 rings (SSSR count). The molecule has 0 aliphatic rings. The molecule has 0 fully saturated rings. The molecule has 0 radical (unpaired) electrons. The fourth-order valence-electron chi connectivity index (χ4n) is 1.87. The van der Waals surface area contributed by atoms with Crippen LogP contribution in [0.5, 0.6) is 0 Å². The number of nitrogens with zero attached hydrogens (tertiary/aromatic N) is 2. The van der Waals surface area contributed by atoms with Gasteiger partial charge in [0.25, 0.3) is 0 Å². The number of thiocarbonyl (C=S) groups is 1. The Morgan fingerprint density at radius 2 is 1.00 bits per heavy atom. The molecule has 0 aliphatic carbocycles. The van der Waals surface area contributed by atoms with Crippen LogP contribution >= 0.6 is 12.2 Å². The number of hydrogen-bond donors (Lipinski definition) is 2. The second kappa shape index (κ2) is 8.83. The Labute approximate surface area is 160 Å². The molecule has 11 heteroatoms. The van der Waals surface area contributed by atoms with E-state index in [1.807, 2.05) is 0 Å². The van der Waals surface area contributed by atoms with Crippen molar-refractivity contribution >= 4 is 29.8 Å². The van der Waals surface area contributed by atoms with E-state index in [0.29, 0.717) is 11.1 Å². The van der Waals surface area contributed by atoms with Crippen LogP contribution in [0.2, 0.25) is 0 Å². The zero-order valence-corrected chi connectivity index (χ0v) is 14.7. The molecule has 0 heterocycles. The Bertz CT molecular complexity index is 784. The number of alkyl halides is 6. The van der Waals surface area contributed by atoms with Gasteiger partial charge in [0, 0.05) is 0 Å². The Morgan fingerprint density at radius 1 is 0.679 bits per heavy atom. The third-order valence-corrected chi connectivity index (χ3v) is 3.42. The van der Waals surface area contributed by atoms with Crippen molar-refractivity contribution in [1.29, 1.82) is 0 Å². The minimum Gasteiger partial charge on any atom is -0.252 e. The fraction of sp³-hybridized carbons (Fsp3) is 0.118. The predicted octanol–water partition coefficient (Wildman–Crippen LogP) is 4.56. The number of halogens is 6. The molecule has 0 atom stereocenters. The SMILES string of the molecule is FC(F)(F)c1ccc(C=NNC(=S)NN=Cc2ccc(C(F)(F)F)cc2)cc1. The minimum absolute atomic E-state index is 0.0219. The fourth-order valence-corrected chi connectivity index (χ4v) is 1.98. The summed E-state index contributed by atoms with van der Waals surface area (Å²) in [6, 6.07) is 8.66. The maximum Gasteiger partial charge on any atom is 0.416 e. The standard InChI is InChI=1S/C17H12F6N4S/c18-16(19,20)13-5-1-11(2-6-13)9-24-26-15(28)27-25-10-12-3-7-14(8-4-12)17(21,22)23/h1-10H,(H2,26,27,28). The summed E-state index contributed by atoms with van der Waals surface area (Å²) >= 11 is 4.88. The quantitative estimate of drug-likeness (QED) is 0.331. The van der Waals surface area contributed by atoms with Crippen LogP contribution in [0, 0.1) is 0 Å². The highest BCUT2D eigenvalue weighted by Crippen LogP contribution is 2.29. The maximum atomic E-state index is 12.5. The van der Waals surface area contributed by atoms with Crippen molar-refractivity contribution in [2.45, 2.75) is 12.4 Å². The highest BCUT2D eigenvalue weighted by molar-refractivity contribution is 7.80. The molecule has 2 N–H and O–H groups in total. The largest absolute Gasteiger partial charge is 0.416 e. The highest BCUT2D eigenvalue weighted by Gasteiger charge is 2.30. The van der Waals surface area contributed by atoms with Gasteiger partial charge in [-0.3, -0.25) is 10.9 Å². The van der Waals surface area contributed by atoms with Gasteiger partial charge in [-0.25, -0.2) is 0 Å². The molecule has 28 heavy (non-hydrogen) atoms. The molecule has 0 aliphatic heterocycles. The van der Waals surface area contributed by atoms with E-state index in [-0.39, 0.29) is 5.11 Å². The summed E-state index contributed by atoms with van der Waals surface area (Å²) in [4.78, 5) is 0. The van der Waals surface area contributed by atoms with Crippen LogP contribution in [0.25, 0.3) is 0 Å². The van der Waals surface area contributed by atoms with Crippen molar-refractivity contribution in [3.8, 4) is 0 Å². The van der Waals surface area contributed by atoms with Gasteiger partial charge in [-0.1, -0.05) is 24.3 Å². The second-order valence-electron chi connectivity index (χ2n) is 5.31. The Balaban J connectivity index is 1.82. The maximum absolute atomic E-state index is 12.5. The van der Waals surface area contributed by atoms with Crippen molar-refractivity contribution in [2.24, 2.45) is 10.2 Å². The lowest BCUT2D eigenvalue weighted by Gasteiger charge is -2.06. The summed E-state index contributed by atoms with van der Waals surface area (Å²) in [5.74, 6) is 0. The van der Waals surface area contributed by atoms with Gasteiger partial charge in [-0.2, -0.15) is 36.5 Å². The second-order valence-corrected chi connectivity index (χ2v) is 5.72. The number of rotatable bonds is 4. The van der Waals surface area contributed by atoms with Crippen molar-refractivity contribution in [1.82, 2.24) is 10.9 Å². The average Bonchev–Trinajstić information content (AvgIpc) is 2.61. The lowest BCUT2D eigenvalue weighted by molar-refractivity contribution is -0.138. The Morgan fingerprint density at radius 3 is 1.29 bits per heavy atom. The molecule has 4 nitrogen and oxygen atoms in total. The van der Waals surface area contributed by atoms with Crippen LogP contribution < -0.4 is 10.9 Å². The van der Waals surface area contributed by atoms with Crippen molar-refractivity contribution < 1.29 is 26.3 Å². The zero-order chi connectivity index (χ0) is 20.8. The molecule has 0 spiro atoms. The molecule has 2 aromatic rings. The van der Waals surface area contributed by atoms with Crippen LogP contribution in [-0.4, -0.2) is 17.5 Å². The summed E-state index contributed by atoms with van der Waals surface area (Å²) < 4.78 is 74.7. The van der Waals surface area contributed by atoms with E-state index in [4.69, 9.17) is 12.2 Å². The minimum atomic E-state index is -4.41. The molecule has 0 aromatic heterocycles. The number of benzene rings is 2. The number of nitrogens with one attached hydrogen (secondary N) is 2. The third-order valence-electron chi connectivity index (χ3n) is 3.24. The van der Waals surface area contributed by atoms with Crippen LogP contribution in [0.1, 0.15) is 22.3 Å². The van der Waals surface area contributed by atoms with Crippen LogP contribution in [-0.2, 0) is 12.4 Å². The van der Waals surface area contributed by atoms with E-state index in [9.17, 15) is 26.3 Å². The molecule has 0 saturated heterocycles. The third kappa shape index (κ3) is 6.65. The molecule has 148 valence electrons. The predicted molar refractivity (Wildman–Crippen MR) is 96.9 cm³/mol. The van der Waals surface area contributed by atoms with Gasteiger partial charge in [-0.05, 0) is 47.6 Å². The molecular formula is C17H12F6N4S. The number of hydrazone groups is 2. The van der Waals surface area contributed by atoms with Crippen LogP contribution in [0.3, 0.4) is 0 Å². The molecule has 0 saturated carbocycles. The lowest BCUT2D eigenvalue weighted by Crippen LogP contribution is -2.28. The van der Waals surface area contributed by atoms with Gasteiger partial charge in [-0.15, -0.1) is 0 Å². The Kier molecular flexibility index (Phi) is 6.73. The highest BCUT2D eigenvalue weighted by atomic mass is 32.1. The first-order valence-electron chi connectivity index (χ1n) is 7.52. The first-order valence-corrected chi connectivity index (χ1v) is 7.93. The smallest absolute Gasteiger partial charge is 0.252 e. The first kappa shape index (κ1) is 21.4. The van der Waals surface area contributed by atoms with Crippen molar-refractivity contribution in [3.63, 3.8) is 0 Å². The van der Waals surface area contributed by atoms with Gasteiger partial charge in [0.05, 0.1) is 23.6 Å². The van der Waals surface area contributed by atoms with Gasteiger partial charge in [0.2, 0.25) is 5.11 Å².